The molecule has 0 fully saturated rings. The molecule has 3 heterocycles. The molecule has 1 aromatic carbocycles. The van der Waals surface area contributed by atoms with Gasteiger partial charge < -0.3 is 15.2 Å². The summed E-state index contributed by atoms with van der Waals surface area (Å²) in [6.07, 6.45) is 2.49. The minimum absolute atomic E-state index is 0.0965. The number of nitrogens with one attached hydrogen (secondary N) is 1. The maximum absolute atomic E-state index is 12.0. The van der Waals surface area contributed by atoms with Crippen molar-refractivity contribution in [2.24, 2.45) is 5.92 Å². The highest BCUT2D eigenvalue weighted by Gasteiger charge is 2.17. The second-order valence-corrected chi connectivity index (χ2v) is 8.94. The summed E-state index contributed by atoms with van der Waals surface area (Å²) in [6.45, 7) is 6.83. The number of aromatic carboxylic acids is 1. The zero-order chi connectivity index (χ0) is 23.4. The molecular formula is C25H26N4O3S. The molecule has 3 aromatic heterocycles. The van der Waals surface area contributed by atoms with Crippen LogP contribution in [0, 0.1) is 5.92 Å². The number of rotatable bonds is 9. The van der Waals surface area contributed by atoms with Crippen molar-refractivity contribution in [2.75, 3.05) is 11.9 Å². The molecule has 0 aliphatic heterocycles. The summed E-state index contributed by atoms with van der Waals surface area (Å²) in [6, 6.07) is 15.2. The molecule has 4 aromatic rings. The van der Waals surface area contributed by atoms with E-state index in [4.69, 9.17) is 9.84 Å². The summed E-state index contributed by atoms with van der Waals surface area (Å²) in [5, 5.41) is 19.6. The fourth-order valence-corrected chi connectivity index (χ4v) is 4.27. The molecule has 0 bridgehead atoms. The fourth-order valence-electron chi connectivity index (χ4n) is 3.57. The lowest BCUT2D eigenvalue weighted by Gasteiger charge is -2.11. The summed E-state index contributed by atoms with van der Waals surface area (Å²) in [5.41, 5.74) is 2.75. The predicted octanol–water partition coefficient (Wildman–Crippen LogP) is 6.03. The van der Waals surface area contributed by atoms with E-state index in [0.29, 0.717) is 18.3 Å². The number of pyridine rings is 1. The van der Waals surface area contributed by atoms with Gasteiger partial charge in [0.15, 0.2) is 5.82 Å². The Balaban J connectivity index is 1.70. The molecule has 0 saturated carbocycles. The van der Waals surface area contributed by atoms with Crippen LogP contribution < -0.4 is 10.1 Å². The summed E-state index contributed by atoms with van der Waals surface area (Å²) >= 11 is 1.54. The number of aromatic nitrogens is 3. The monoisotopic (exact) mass is 462 g/mol. The van der Waals surface area contributed by atoms with E-state index in [2.05, 4.69) is 24.1 Å². The van der Waals surface area contributed by atoms with Gasteiger partial charge in [-0.05, 0) is 48.9 Å². The maximum Gasteiger partial charge on any atom is 0.339 e. The molecule has 0 atom stereocenters. The Morgan fingerprint density at radius 1 is 1.21 bits per heavy atom. The predicted molar refractivity (Wildman–Crippen MR) is 131 cm³/mol. The Hall–Kier alpha value is -3.65. The minimum atomic E-state index is -1.05. The number of thiophene rings is 1. The van der Waals surface area contributed by atoms with Crippen LogP contribution in [0.1, 0.15) is 36.8 Å². The third kappa shape index (κ3) is 5.23. The Morgan fingerprint density at radius 3 is 2.76 bits per heavy atom. The number of carbonyl (C=O) groups is 1. The van der Waals surface area contributed by atoms with Gasteiger partial charge in [0.2, 0.25) is 0 Å². The lowest BCUT2D eigenvalue weighted by atomic mass is 10.1. The number of hydrogen-bond acceptors (Lipinski definition) is 6. The molecule has 0 aliphatic rings. The van der Waals surface area contributed by atoms with Crippen LogP contribution in [-0.2, 0) is 6.42 Å². The molecule has 2 N–H and O–H groups in total. The molecule has 4 rings (SSSR count). The molecule has 0 amide bonds. The van der Waals surface area contributed by atoms with Gasteiger partial charge in [0.25, 0.3) is 0 Å². The van der Waals surface area contributed by atoms with E-state index < -0.39 is 5.97 Å². The van der Waals surface area contributed by atoms with Gasteiger partial charge in [0.1, 0.15) is 17.1 Å². The smallest absolute Gasteiger partial charge is 0.339 e. The van der Waals surface area contributed by atoms with Gasteiger partial charge in [-0.2, -0.15) is 0 Å². The van der Waals surface area contributed by atoms with Gasteiger partial charge in [-0.1, -0.05) is 26.0 Å². The lowest BCUT2D eigenvalue weighted by Crippen LogP contribution is -2.07. The first-order valence-electron chi connectivity index (χ1n) is 10.8. The fraction of sp³-hybridized carbons (Fsp3) is 0.240. The normalized spacial score (nSPS) is 11.0. The average molecular weight is 463 g/mol. The Bertz CT molecular complexity index is 1250. The molecule has 33 heavy (non-hydrogen) atoms. The van der Waals surface area contributed by atoms with Crippen LogP contribution >= 0.6 is 11.3 Å². The van der Waals surface area contributed by atoms with Crippen molar-refractivity contribution in [1.82, 2.24) is 14.8 Å². The highest BCUT2D eigenvalue weighted by molar-refractivity contribution is 7.13. The lowest BCUT2D eigenvalue weighted by molar-refractivity contribution is 0.0697. The van der Waals surface area contributed by atoms with Crippen LogP contribution in [0.2, 0.25) is 0 Å². The largest absolute Gasteiger partial charge is 0.494 e. The van der Waals surface area contributed by atoms with Crippen molar-refractivity contribution in [2.45, 2.75) is 27.2 Å². The summed E-state index contributed by atoms with van der Waals surface area (Å²) in [7, 11) is 0. The van der Waals surface area contributed by atoms with Crippen LogP contribution in [-0.4, -0.2) is 32.4 Å². The number of ether oxygens (including phenoxy) is 1. The van der Waals surface area contributed by atoms with Gasteiger partial charge in [-0.15, -0.1) is 16.4 Å². The van der Waals surface area contributed by atoms with Crippen LogP contribution in [0.25, 0.3) is 16.1 Å². The van der Waals surface area contributed by atoms with Crippen LogP contribution in [0.4, 0.5) is 11.6 Å². The van der Waals surface area contributed by atoms with Gasteiger partial charge >= 0.3 is 5.97 Å². The first kappa shape index (κ1) is 22.5. The molecule has 0 aliphatic carbocycles. The molecular weight excluding hydrogens is 436 g/mol. The average Bonchev–Trinajstić information content (AvgIpc) is 3.44. The summed E-state index contributed by atoms with van der Waals surface area (Å²) in [5.74, 6) is 0.934. The Labute approximate surface area is 196 Å². The quantitative estimate of drug-likeness (QED) is 0.315. The molecule has 8 heteroatoms. The van der Waals surface area contributed by atoms with Crippen LogP contribution in [0.15, 0.2) is 60.1 Å². The first-order valence-corrected chi connectivity index (χ1v) is 11.7. The van der Waals surface area contributed by atoms with Crippen molar-refractivity contribution in [3.05, 3.63) is 71.4 Å². The number of carboxylic acids is 1. The third-order valence-electron chi connectivity index (χ3n) is 4.94. The standard InChI is InChI=1S/C25H26N4O3S/c1-4-32-20-8-5-7-18(13-20)29-19(11-16(2)3)14-23(28-29)27-24-21(25(30)31)12-17(15-26-24)22-9-6-10-33-22/h5-10,12-16H,4,11H2,1-3H3,(H,30,31)(H,26,27,28). The minimum Gasteiger partial charge on any atom is -0.494 e. The van der Waals surface area contributed by atoms with E-state index in [0.717, 1.165) is 34.0 Å². The summed E-state index contributed by atoms with van der Waals surface area (Å²) in [4.78, 5) is 17.3. The first-order chi connectivity index (χ1) is 15.9. The number of carboxylic acid groups (broad SMARTS) is 1. The molecule has 7 nitrogen and oxygen atoms in total. The van der Waals surface area contributed by atoms with Crippen molar-refractivity contribution >= 4 is 28.9 Å². The topological polar surface area (TPSA) is 89.3 Å². The number of anilines is 2. The molecule has 0 spiro atoms. The van der Waals surface area contributed by atoms with Crippen molar-refractivity contribution < 1.29 is 14.6 Å². The molecule has 0 unspecified atom stereocenters. The summed E-state index contributed by atoms with van der Waals surface area (Å²) < 4.78 is 7.51. The van der Waals surface area contributed by atoms with E-state index in [1.54, 1.807) is 23.6 Å². The second kappa shape index (κ2) is 9.87. The zero-order valence-corrected chi connectivity index (χ0v) is 19.6. The SMILES string of the molecule is CCOc1cccc(-n2nc(Nc3ncc(-c4cccs4)cc3C(=O)O)cc2CC(C)C)c1. The van der Waals surface area contributed by atoms with Crippen LogP contribution in [0.5, 0.6) is 5.75 Å². The Kier molecular flexibility index (Phi) is 6.74. The molecule has 0 saturated heterocycles. The number of benzene rings is 1. The van der Waals surface area contributed by atoms with E-state index in [1.165, 1.54) is 0 Å². The van der Waals surface area contributed by atoms with Gasteiger partial charge in [0, 0.05) is 34.5 Å². The Morgan fingerprint density at radius 2 is 2.06 bits per heavy atom. The maximum atomic E-state index is 12.0. The molecule has 0 radical (unpaired) electrons. The number of hydrogen-bond donors (Lipinski definition) is 2. The van der Waals surface area contributed by atoms with E-state index in [1.807, 2.05) is 59.5 Å². The van der Waals surface area contributed by atoms with Crippen LogP contribution in [0.3, 0.4) is 0 Å². The molecule has 170 valence electrons. The third-order valence-corrected chi connectivity index (χ3v) is 5.86. The highest BCUT2D eigenvalue weighted by atomic mass is 32.1. The van der Waals surface area contributed by atoms with E-state index >= 15 is 0 Å². The van der Waals surface area contributed by atoms with Crippen molar-refractivity contribution in [1.29, 1.82) is 0 Å². The second-order valence-electron chi connectivity index (χ2n) is 7.99. The van der Waals surface area contributed by atoms with Crippen molar-refractivity contribution in [3.63, 3.8) is 0 Å². The highest BCUT2D eigenvalue weighted by Crippen LogP contribution is 2.29. The van der Waals surface area contributed by atoms with E-state index in [-0.39, 0.29) is 11.4 Å². The van der Waals surface area contributed by atoms with Gasteiger partial charge in [-0.25, -0.2) is 14.5 Å². The van der Waals surface area contributed by atoms with E-state index in [9.17, 15) is 9.90 Å². The van der Waals surface area contributed by atoms with Crippen molar-refractivity contribution in [3.8, 4) is 21.9 Å². The zero-order valence-electron chi connectivity index (χ0n) is 18.8. The van der Waals surface area contributed by atoms with Gasteiger partial charge in [-0.3, -0.25) is 0 Å². The number of nitrogens with zero attached hydrogens (tertiary/aromatic N) is 3. The van der Waals surface area contributed by atoms with Gasteiger partial charge in [0.05, 0.1) is 12.3 Å².